The summed E-state index contributed by atoms with van der Waals surface area (Å²) in [6.07, 6.45) is 3.16. The van der Waals surface area contributed by atoms with Crippen molar-refractivity contribution in [2.75, 3.05) is 18.6 Å². The highest BCUT2D eigenvalue weighted by molar-refractivity contribution is 5.83. The number of methoxy groups -OCH3 is 1. The van der Waals surface area contributed by atoms with Crippen LogP contribution in [0.5, 0.6) is 5.75 Å². The molecule has 0 fully saturated rings. The second kappa shape index (κ2) is 6.68. The SMILES string of the molecule is COc1ccc(C=O)cc1-c1cc2c(cc1C)N(C(C)C)CCC2. The van der Waals surface area contributed by atoms with Crippen molar-refractivity contribution >= 4 is 12.0 Å². The number of aryl methyl sites for hydroxylation is 2. The van der Waals surface area contributed by atoms with Crippen LogP contribution in [0.15, 0.2) is 30.3 Å². The normalized spacial score (nSPS) is 13.8. The third kappa shape index (κ3) is 2.91. The van der Waals surface area contributed by atoms with Crippen molar-refractivity contribution in [3.05, 3.63) is 47.0 Å². The Labute approximate surface area is 144 Å². The zero-order chi connectivity index (χ0) is 17.3. The van der Waals surface area contributed by atoms with Gasteiger partial charge in [-0.15, -0.1) is 0 Å². The van der Waals surface area contributed by atoms with Crippen molar-refractivity contribution in [2.24, 2.45) is 0 Å². The quantitative estimate of drug-likeness (QED) is 0.767. The molecule has 3 heteroatoms. The molecule has 3 rings (SSSR count). The van der Waals surface area contributed by atoms with Crippen molar-refractivity contribution in [2.45, 2.75) is 39.7 Å². The minimum absolute atomic E-state index is 0.502. The minimum Gasteiger partial charge on any atom is -0.496 e. The highest BCUT2D eigenvalue weighted by Gasteiger charge is 2.21. The van der Waals surface area contributed by atoms with Gasteiger partial charge in [-0.3, -0.25) is 4.79 Å². The molecule has 0 atom stereocenters. The lowest BCUT2D eigenvalue weighted by atomic mass is 9.91. The second-order valence-corrected chi connectivity index (χ2v) is 6.76. The Kier molecular flexibility index (Phi) is 4.61. The monoisotopic (exact) mass is 323 g/mol. The van der Waals surface area contributed by atoms with Crippen molar-refractivity contribution in [1.82, 2.24) is 0 Å². The molecule has 1 aliphatic rings. The van der Waals surface area contributed by atoms with Crippen LogP contribution in [0, 0.1) is 6.92 Å². The van der Waals surface area contributed by atoms with Crippen LogP contribution < -0.4 is 9.64 Å². The van der Waals surface area contributed by atoms with Gasteiger partial charge < -0.3 is 9.64 Å². The lowest BCUT2D eigenvalue weighted by Gasteiger charge is -2.35. The topological polar surface area (TPSA) is 29.5 Å². The first-order valence-electron chi connectivity index (χ1n) is 8.59. The van der Waals surface area contributed by atoms with Crippen LogP contribution in [0.25, 0.3) is 11.1 Å². The fourth-order valence-electron chi connectivity index (χ4n) is 3.60. The molecule has 0 aromatic heterocycles. The van der Waals surface area contributed by atoms with Gasteiger partial charge in [-0.05, 0) is 80.6 Å². The fourth-order valence-corrected chi connectivity index (χ4v) is 3.60. The number of hydrogen-bond acceptors (Lipinski definition) is 3. The molecule has 0 N–H and O–H groups in total. The number of anilines is 1. The molecule has 0 saturated carbocycles. The van der Waals surface area contributed by atoms with Gasteiger partial charge in [0.2, 0.25) is 0 Å². The van der Waals surface area contributed by atoms with Gasteiger partial charge in [0.15, 0.2) is 0 Å². The van der Waals surface area contributed by atoms with Crippen molar-refractivity contribution in [3.8, 4) is 16.9 Å². The summed E-state index contributed by atoms with van der Waals surface area (Å²) in [6.45, 7) is 7.74. The number of rotatable bonds is 4. The fraction of sp³-hybridized carbons (Fsp3) is 0.381. The highest BCUT2D eigenvalue weighted by atomic mass is 16.5. The summed E-state index contributed by atoms with van der Waals surface area (Å²) in [4.78, 5) is 13.7. The average Bonchev–Trinajstić information content (AvgIpc) is 2.59. The molecule has 0 aliphatic carbocycles. The Morgan fingerprint density at radius 2 is 1.96 bits per heavy atom. The summed E-state index contributed by atoms with van der Waals surface area (Å²) in [5.41, 5.74) is 6.76. The van der Waals surface area contributed by atoms with Crippen LogP contribution in [-0.2, 0) is 6.42 Å². The number of fused-ring (bicyclic) bond motifs is 1. The number of nitrogens with zero attached hydrogens (tertiary/aromatic N) is 1. The molecule has 0 unspecified atom stereocenters. The molecule has 2 aromatic carbocycles. The summed E-state index contributed by atoms with van der Waals surface area (Å²) in [5.74, 6) is 0.806. The summed E-state index contributed by atoms with van der Waals surface area (Å²) >= 11 is 0. The maximum Gasteiger partial charge on any atom is 0.150 e. The van der Waals surface area contributed by atoms with E-state index in [1.807, 2.05) is 12.1 Å². The zero-order valence-corrected chi connectivity index (χ0v) is 14.9. The van der Waals surface area contributed by atoms with Gasteiger partial charge in [-0.1, -0.05) is 0 Å². The molecule has 1 aliphatic heterocycles. The van der Waals surface area contributed by atoms with E-state index < -0.39 is 0 Å². The number of carbonyl (C=O) groups excluding carboxylic acids is 1. The third-order valence-electron chi connectivity index (χ3n) is 4.85. The van der Waals surface area contributed by atoms with Gasteiger partial charge in [-0.25, -0.2) is 0 Å². The van der Waals surface area contributed by atoms with E-state index in [9.17, 15) is 4.79 Å². The zero-order valence-electron chi connectivity index (χ0n) is 14.9. The van der Waals surface area contributed by atoms with Crippen LogP contribution in [-0.4, -0.2) is 26.0 Å². The maximum absolute atomic E-state index is 11.2. The first kappa shape index (κ1) is 16.6. The average molecular weight is 323 g/mol. The van der Waals surface area contributed by atoms with Crippen LogP contribution >= 0.6 is 0 Å². The van der Waals surface area contributed by atoms with Gasteiger partial charge in [0, 0.05) is 29.4 Å². The van der Waals surface area contributed by atoms with E-state index in [0.717, 1.165) is 36.1 Å². The number of benzene rings is 2. The van der Waals surface area contributed by atoms with Gasteiger partial charge in [-0.2, -0.15) is 0 Å². The largest absolute Gasteiger partial charge is 0.496 e. The van der Waals surface area contributed by atoms with Crippen LogP contribution in [0.3, 0.4) is 0 Å². The standard InChI is InChI=1S/C21H25NO2/c1-14(2)22-9-5-6-17-12-18(15(3)10-20(17)22)19-11-16(13-23)7-8-21(19)24-4/h7-8,10-14H,5-6,9H2,1-4H3. The Hall–Kier alpha value is -2.29. The minimum atomic E-state index is 0.502. The number of ether oxygens (including phenoxy) is 1. The number of aldehydes is 1. The molecule has 1 heterocycles. The molecule has 126 valence electrons. The van der Waals surface area contributed by atoms with Crippen LogP contribution in [0.4, 0.5) is 5.69 Å². The predicted octanol–water partition coefficient (Wildman–Crippen LogP) is 4.64. The highest BCUT2D eigenvalue weighted by Crippen LogP contribution is 2.38. The lowest BCUT2D eigenvalue weighted by molar-refractivity contribution is 0.112. The summed E-state index contributed by atoms with van der Waals surface area (Å²) in [7, 11) is 1.67. The number of carbonyl (C=O) groups is 1. The molecule has 0 bridgehead atoms. The molecule has 24 heavy (non-hydrogen) atoms. The molecular formula is C21H25NO2. The molecular weight excluding hydrogens is 298 g/mol. The van der Waals surface area contributed by atoms with Gasteiger partial charge in [0.05, 0.1) is 7.11 Å². The van der Waals surface area contributed by atoms with E-state index in [4.69, 9.17) is 4.74 Å². The molecule has 2 aromatic rings. The van der Waals surface area contributed by atoms with Gasteiger partial charge >= 0.3 is 0 Å². The summed E-state index contributed by atoms with van der Waals surface area (Å²) in [6, 6.07) is 10.7. The molecule has 0 radical (unpaired) electrons. The van der Waals surface area contributed by atoms with E-state index in [2.05, 4.69) is 37.8 Å². The predicted molar refractivity (Wildman–Crippen MR) is 99.4 cm³/mol. The first-order valence-corrected chi connectivity index (χ1v) is 8.59. The molecule has 0 saturated heterocycles. The first-order chi connectivity index (χ1) is 11.5. The van der Waals surface area contributed by atoms with E-state index >= 15 is 0 Å². The van der Waals surface area contributed by atoms with Gasteiger partial charge in [0.1, 0.15) is 12.0 Å². The maximum atomic E-state index is 11.2. The van der Waals surface area contributed by atoms with Crippen molar-refractivity contribution < 1.29 is 9.53 Å². The van der Waals surface area contributed by atoms with E-state index in [1.165, 1.54) is 23.2 Å². The van der Waals surface area contributed by atoms with Crippen LogP contribution in [0.2, 0.25) is 0 Å². The van der Waals surface area contributed by atoms with E-state index in [1.54, 1.807) is 13.2 Å². The van der Waals surface area contributed by atoms with Gasteiger partial charge in [0.25, 0.3) is 0 Å². The lowest BCUT2D eigenvalue weighted by Crippen LogP contribution is -2.35. The Bertz CT molecular complexity index is 765. The Balaban J connectivity index is 2.15. The van der Waals surface area contributed by atoms with Crippen LogP contribution in [0.1, 0.15) is 41.8 Å². The Morgan fingerprint density at radius 1 is 1.17 bits per heavy atom. The van der Waals surface area contributed by atoms with Crippen molar-refractivity contribution in [3.63, 3.8) is 0 Å². The summed E-state index contributed by atoms with van der Waals surface area (Å²) < 4.78 is 5.53. The van der Waals surface area contributed by atoms with E-state index in [0.29, 0.717) is 11.6 Å². The molecule has 0 amide bonds. The molecule has 0 spiro atoms. The second-order valence-electron chi connectivity index (χ2n) is 6.76. The summed E-state index contributed by atoms with van der Waals surface area (Å²) in [5, 5.41) is 0. The van der Waals surface area contributed by atoms with E-state index in [-0.39, 0.29) is 0 Å². The number of hydrogen-bond donors (Lipinski definition) is 0. The molecule has 3 nitrogen and oxygen atoms in total. The smallest absolute Gasteiger partial charge is 0.150 e. The van der Waals surface area contributed by atoms with Crippen molar-refractivity contribution in [1.29, 1.82) is 0 Å². The Morgan fingerprint density at radius 3 is 2.62 bits per heavy atom. The third-order valence-corrected chi connectivity index (χ3v) is 4.85.